The molecular weight excluding hydrogens is 166 g/mol. The number of halogens is 2. The van der Waals surface area contributed by atoms with Crippen LogP contribution in [0, 0.1) is 6.92 Å². The molecule has 0 saturated carbocycles. The zero-order valence-electron chi connectivity index (χ0n) is 6.38. The topological polar surface area (TPSA) is 59.1 Å². The van der Waals surface area contributed by atoms with Crippen LogP contribution in [0.5, 0.6) is 5.75 Å². The molecule has 1 rings (SSSR count). The highest BCUT2D eigenvalue weighted by molar-refractivity contribution is 5.49. The van der Waals surface area contributed by atoms with Crippen LogP contribution in [0.2, 0.25) is 0 Å². The second kappa shape index (κ2) is 2.92. The summed E-state index contributed by atoms with van der Waals surface area (Å²) >= 11 is 0. The first-order valence-electron chi connectivity index (χ1n) is 3.26. The van der Waals surface area contributed by atoms with E-state index in [-0.39, 0.29) is 17.1 Å². The van der Waals surface area contributed by atoms with E-state index < -0.39 is 12.0 Å². The third-order valence-corrected chi connectivity index (χ3v) is 1.61. The molecule has 0 atom stereocenters. The second-order valence-corrected chi connectivity index (χ2v) is 2.37. The number of aromatic nitrogens is 1. The number of anilines is 1. The Labute approximate surface area is 67.8 Å². The Kier molecular flexibility index (Phi) is 2.12. The molecule has 0 aliphatic heterocycles. The van der Waals surface area contributed by atoms with Crippen LogP contribution in [-0.2, 0) is 0 Å². The maximum atomic E-state index is 12.2. The van der Waals surface area contributed by atoms with Crippen LogP contribution in [0.4, 0.5) is 14.6 Å². The van der Waals surface area contributed by atoms with E-state index in [1.165, 1.54) is 6.92 Å². The van der Waals surface area contributed by atoms with Crippen molar-refractivity contribution >= 4 is 5.82 Å². The van der Waals surface area contributed by atoms with Crippen LogP contribution >= 0.6 is 0 Å². The molecule has 3 N–H and O–H groups in total. The van der Waals surface area contributed by atoms with Crippen molar-refractivity contribution in [3.8, 4) is 5.75 Å². The molecular formula is C7H8F2N2O. The Morgan fingerprint density at radius 2 is 2.17 bits per heavy atom. The van der Waals surface area contributed by atoms with Gasteiger partial charge in [-0.3, -0.25) is 0 Å². The number of rotatable bonds is 1. The van der Waals surface area contributed by atoms with Gasteiger partial charge in [-0.1, -0.05) is 0 Å². The zero-order valence-corrected chi connectivity index (χ0v) is 6.38. The van der Waals surface area contributed by atoms with E-state index in [4.69, 9.17) is 10.8 Å². The molecule has 1 aromatic rings. The quantitative estimate of drug-likeness (QED) is 0.680. The highest BCUT2D eigenvalue weighted by Gasteiger charge is 2.17. The number of nitrogen functional groups attached to an aromatic ring is 1. The maximum absolute atomic E-state index is 12.2. The first kappa shape index (κ1) is 8.70. The van der Waals surface area contributed by atoms with Crippen molar-refractivity contribution in [2.24, 2.45) is 0 Å². The Hall–Kier alpha value is -1.39. The number of alkyl halides is 2. The van der Waals surface area contributed by atoms with E-state index >= 15 is 0 Å². The molecule has 0 fully saturated rings. The fraction of sp³-hybridized carbons (Fsp3) is 0.286. The minimum absolute atomic E-state index is 0.0810. The number of pyridine rings is 1. The molecule has 0 aliphatic rings. The lowest BCUT2D eigenvalue weighted by atomic mass is 10.1. The molecule has 0 unspecified atom stereocenters. The van der Waals surface area contributed by atoms with Crippen molar-refractivity contribution < 1.29 is 13.9 Å². The molecule has 66 valence electrons. The van der Waals surface area contributed by atoms with Gasteiger partial charge in [-0.05, 0) is 6.92 Å². The van der Waals surface area contributed by atoms with E-state index in [9.17, 15) is 8.78 Å². The van der Waals surface area contributed by atoms with Crippen LogP contribution in [0.25, 0.3) is 0 Å². The Bertz CT molecular complexity index is 302. The number of nitrogens with two attached hydrogens (primary N) is 1. The largest absolute Gasteiger partial charge is 0.506 e. The van der Waals surface area contributed by atoms with Gasteiger partial charge in [0.2, 0.25) is 0 Å². The molecule has 5 heteroatoms. The molecule has 0 bridgehead atoms. The number of hydrogen-bond donors (Lipinski definition) is 2. The molecule has 3 nitrogen and oxygen atoms in total. The van der Waals surface area contributed by atoms with Gasteiger partial charge in [0.25, 0.3) is 6.43 Å². The first-order chi connectivity index (χ1) is 5.54. The molecule has 1 aromatic heterocycles. The summed E-state index contributed by atoms with van der Waals surface area (Å²) in [5.74, 6) is -0.500. The Balaban J connectivity index is 3.33. The molecule has 1 heterocycles. The number of hydrogen-bond acceptors (Lipinski definition) is 3. The van der Waals surface area contributed by atoms with Gasteiger partial charge < -0.3 is 10.8 Å². The van der Waals surface area contributed by atoms with Crippen molar-refractivity contribution in [3.63, 3.8) is 0 Å². The molecule has 0 saturated heterocycles. The van der Waals surface area contributed by atoms with Crippen molar-refractivity contribution in [2.45, 2.75) is 13.3 Å². The fourth-order valence-corrected chi connectivity index (χ4v) is 0.903. The normalized spacial score (nSPS) is 10.7. The first-order valence-corrected chi connectivity index (χ1v) is 3.26. The third kappa shape index (κ3) is 1.30. The highest BCUT2D eigenvalue weighted by Crippen LogP contribution is 2.31. The molecule has 0 amide bonds. The summed E-state index contributed by atoms with van der Waals surface area (Å²) in [5.41, 5.74) is 4.88. The number of aromatic hydroxyl groups is 1. The van der Waals surface area contributed by atoms with Gasteiger partial charge in [-0.15, -0.1) is 0 Å². The average molecular weight is 174 g/mol. The molecule has 0 aromatic carbocycles. The number of nitrogens with zero attached hydrogens (tertiary/aromatic N) is 1. The van der Waals surface area contributed by atoms with Crippen molar-refractivity contribution in [3.05, 3.63) is 17.3 Å². The van der Waals surface area contributed by atoms with Crippen LogP contribution in [0.15, 0.2) is 6.20 Å². The fourth-order valence-electron chi connectivity index (χ4n) is 0.903. The minimum Gasteiger partial charge on any atom is -0.506 e. The second-order valence-electron chi connectivity index (χ2n) is 2.37. The minimum atomic E-state index is -2.70. The monoisotopic (exact) mass is 174 g/mol. The average Bonchev–Trinajstić information content (AvgIpc) is 1.97. The van der Waals surface area contributed by atoms with Crippen LogP contribution < -0.4 is 5.73 Å². The van der Waals surface area contributed by atoms with Crippen molar-refractivity contribution in [1.29, 1.82) is 0 Å². The predicted octanol–water partition coefficient (Wildman–Crippen LogP) is 1.62. The lowest BCUT2D eigenvalue weighted by Gasteiger charge is -2.07. The summed E-state index contributed by atoms with van der Waals surface area (Å²) in [4.78, 5) is 3.41. The van der Waals surface area contributed by atoms with Crippen LogP contribution in [0.3, 0.4) is 0 Å². The summed E-state index contributed by atoms with van der Waals surface area (Å²) < 4.78 is 24.5. The van der Waals surface area contributed by atoms with Crippen molar-refractivity contribution in [2.75, 3.05) is 5.73 Å². The van der Waals surface area contributed by atoms with Gasteiger partial charge >= 0.3 is 0 Å². The zero-order chi connectivity index (χ0) is 9.30. The maximum Gasteiger partial charge on any atom is 0.267 e. The van der Waals surface area contributed by atoms with Crippen LogP contribution in [0.1, 0.15) is 17.6 Å². The molecule has 12 heavy (non-hydrogen) atoms. The third-order valence-electron chi connectivity index (χ3n) is 1.61. The van der Waals surface area contributed by atoms with Gasteiger partial charge in [0.1, 0.15) is 11.6 Å². The molecule has 0 aliphatic carbocycles. The van der Waals surface area contributed by atoms with Crippen molar-refractivity contribution in [1.82, 2.24) is 4.98 Å². The van der Waals surface area contributed by atoms with E-state index in [1.54, 1.807) is 0 Å². The van der Waals surface area contributed by atoms with Gasteiger partial charge in [0.15, 0.2) is 0 Å². The van der Waals surface area contributed by atoms with E-state index in [1.807, 2.05) is 0 Å². The van der Waals surface area contributed by atoms with E-state index in [0.717, 1.165) is 6.20 Å². The summed E-state index contributed by atoms with van der Waals surface area (Å²) in [5, 5.41) is 9.02. The summed E-state index contributed by atoms with van der Waals surface area (Å²) in [7, 11) is 0. The van der Waals surface area contributed by atoms with Gasteiger partial charge in [0, 0.05) is 5.56 Å². The predicted molar refractivity (Wildman–Crippen MR) is 40.0 cm³/mol. The molecule has 0 spiro atoms. The summed E-state index contributed by atoms with van der Waals surface area (Å²) in [6.45, 7) is 1.37. The standard InChI is InChI=1S/C7H8F2N2O/c1-3-4(12)2-11-7(10)5(3)6(8)9/h2,6,12H,1H3,(H2,10,11). The SMILES string of the molecule is Cc1c(O)cnc(N)c1C(F)F. The smallest absolute Gasteiger partial charge is 0.267 e. The van der Waals surface area contributed by atoms with E-state index in [0.29, 0.717) is 0 Å². The van der Waals surface area contributed by atoms with Crippen LogP contribution in [-0.4, -0.2) is 10.1 Å². The Morgan fingerprint density at radius 1 is 1.58 bits per heavy atom. The lowest BCUT2D eigenvalue weighted by Crippen LogP contribution is -2.00. The summed E-state index contributed by atoms with van der Waals surface area (Å²) in [6, 6.07) is 0. The highest BCUT2D eigenvalue weighted by atomic mass is 19.3. The Morgan fingerprint density at radius 3 is 2.58 bits per heavy atom. The molecule has 0 radical (unpaired) electrons. The van der Waals surface area contributed by atoms with E-state index in [2.05, 4.69) is 4.98 Å². The van der Waals surface area contributed by atoms with Gasteiger partial charge in [-0.2, -0.15) is 0 Å². The summed E-state index contributed by atoms with van der Waals surface area (Å²) in [6.07, 6.45) is -1.65. The van der Waals surface area contributed by atoms with Gasteiger partial charge in [0.05, 0.1) is 11.8 Å². The lowest BCUT2D eigenvalue weighted by molar-refractivity contribution is 0.150. The van der Waals surface area contributed by atoms with Gasteiger partial charge in [-0.25, -0.2) is 13.8 Å².